The third-order valence-electron chi connectivity index (χ3n) is 3.01. The summed E-state index contributed by atoms with van der Waals surface area (Å²) in [7, 11) is 0. The summed E-state index contributed by atoms with van der Waals surface area (Å²) in [5.41, 5.74) is 2.79. The molecule has 0 radical (unpaired) electrons. The smallest absolute Gasteiger partial charge is 0.119 e. The van der Waals surface area contributed by atoms with Crippen LogP contribution in [0.2, 0.25) is 5.02 Å². The van der Waals surface area contributed by atoms with Gasteiger partial charge in [0.05, 0.1) is 6.61 Å². The Kier molecular flexibility index (Phi) is 4.70. The van der Waals surface area contributed by atoms with Gasteiger partial charge < -0.3 is 9.84 Å². The summed E-state index contributed by atoms with van der Waals surface area (Å²) in [4.78, 5) is 0. The van der Waals surface area contributed by atoms with E-state index in [-0.39, 0.29) is 5.76 Å². The van der Waals surface area contributed by atoms with E-state index in [1.807, 2.05) is 37.3 Å². The summed E-state index contributed by atoms with van der Waals surface area (Å²) in [6.07, 6.45) is 0.701. The van der Waals surface area contributed by atoms with Crippen molar-refractivity contribution < 1.29 is 9.84 Å². The maximum atomic E-state index is 9.45. The second-order valence-electron chi connectivity index (χ2n) is 4.51. The van der Waals surface area contributed by atoms with Crippen molar-refractivity contribution in [3.63, 3.8) is 0 Å². The molecule has 0 aliphatic rings. The highest BCUT2D eigenvalue weighted by molar-refractivity contribution is 6.31. The Hall–Kier alpha value is -1.93. The minimum absolute atomic E-state index is 0.0506. The highest BCUT2D eigenvalue weighted by Gasteiger charge is 2.05. The number of benzene rings is 2. The predicted octanol–water partition coefficient (Wildman–Crippen LogP) is 4.86. The predicted molar refractivity (Wildman–Crippen MR) is 83.5 cm³/mol. The van der Waals surface area contributed by atoms with Crippen LogP contribution in [-0.4, -0.2) is 11.7 Å². The number of ether oxygens (including phenoxy) is 1. The lowest BCUT2D eigenvalue weighted by Gasteiger charge is -2.08. The zero-order valence-electron chi connectivity index (χ0n) is 11.4. The first kappa shape index (κ1) is 14.5. The molecule has 0 amide bonds. The molecule has 2 rings (SSSR count). The Morgan fingerprint density at radius 1 is 1.20 bits per heavy atom. The van der Waals surface area contributed by atoms with Gasteiger partial charge in [0, 0.05) is 10.6 Å². The van der Waals surface area contributed by atoms with Gasteiger partial charge in [0.2, 0.25) is 0 Å². The summed E-state index contributed by atoms with van der Waals surface area (Å²) >= 11 is 6.20. The van der Waals surface area contributed by atoms with Crippen molar-refractivity contribution >= 4 is 17.4 Å². The number of aliphatic hydroxyl groups is 1. The first-order valence-electron chi connectivity index (χ1n) is 6.48. The van der Waals surface area contributed by atoms with Crippen LogP contribution in [0.15, 0.2) is 49.0 Å². The van der Waals surface area contributed by atoms with Crippen LogP contribution in [0.4, 0.5) is 0 Å². The molecule has 20 heavy (non-hydrogen) atoms. The van der Waals surface area contributed by atoms with Gasteiger partial charge in [0.15, 0.2) is 0 Å². The summed E-state index contributed by atoms with van der Waals surface area (Å²) in [6.45, 7) is 6.15. The molecule has 1 N–H and O–H groups in total. The van der Waals surface area contributed by atoms with E-state index >= 15 is 0 Å². The molecule has 0 bridgehead atoms. The molecule has 0 aliphatic heterocycles. The van der Waals surface area contributed by atoms with E-state index in [0.717, 1.165) is 16.9 Å². The van der Waals surface area contributed by atoms with E-state index in [1.54, 1.807) is 12.1 Å². The maximum absolute atomic E-state index is 9.45. The largest absolute Gasteiger partial charge is 0.508 e. The molecule has 0 saturated carbocycles. The highest BCUT2D eigenvalue weighted by Crippen LogP contribution is 2.24. The molecule has 0 heterocycles. The van der Waals surface area contributed by atoms with Crippen LogP contribution in [0.3, 0.4) is 0 Å². The highest BCUT2D eigenvalue weighted by atomic mass is 35.5. The molecule has 0 atom stereocenters. The van der Waals surface area contributed by atoms with Gasteiger partial charge in [0.1, 0.15) is 11.5 Å². The van der Waals surface area contributed by atoms with Gasteiger partial charge >= 0.3 is 0 Å². The van der Waals surface area contributed by atoms with Crippen LogP contribution in [0.1, 0.15) is 23.6 Å². The molecule has 3 heteroatoms. The quantitative estimate of drug-likeness (QED) is 0.796. The van der Waals surface area contributed by atoms with Gasteiger partial charge in [-0.1, -0.05) is 30.3 Å². The van der Waals surface area contributed by atoms with Gasteiger partial charge in [0.25, 0.3) is 0 Å². The van der Waals surface area contributed by atoms with Crippen molar-refractivity contribution in [2.45, 2.75) is 13.3 Å². The second kappa shape index (κ2) is 6.49. The summed E-state index contributed by atoms with van der Waals surface area (Å²) in [5.74, 6) is 0.912. The fraction of sp³-hybridized carbons (Fsp3) is 0.176. The fourth-order valence-corrected chi connectivity index (χ4v) is 2.16. The van der Waals surface area contributed by atoms with Crippen molar-refractivity contribution in [3.8, 4) is 5.75 Å². The number of hydrogen-bond acceptors (Lipinski definition) is 2. The van der Waals surface area contributed by atoms with E-state index in [2.05, 4.69) is 6.58 Å². The van der Waals surface area contributed by atoms with Crippen molar-refractivity contribution in [1.82, 2.24) is 0 Å². The second-order valence-corrected chi connectivity index (χ2v) is 4.91. The molecule has 2 aromatic rings. The van der Waals surface area contributed by atoms with Crippen LogP contribution < -0.4 is 4.74 Å². The normalized spacial score (nSPS) is 10.3. The Bertz CT molecular complexity index is 603. The van der Waals surface area contributed by atoms with Crippen LogP contribution in [0.5, 0.6) is 5.75 Å². The standard InChI is InChI=1S/C17H17ClO2/c1-3-20-16-7-4-13(5-8-16)10-15-11-14(12(2)19)6-9-17(15)18/h4-9,11,19H,2-3,10H2,1H3. The monoisotopic (exact) mass is 288 g/mol. The SMILES string of the molecule is C=C(O)c1ccc(Cl)c(Cc2ccc(OCC)cc2)c1. The van der Waals surface area contributed by atoms with Crippen molar-refractivity contribution in [1.29, 1.82) is 0 Å². The molecule has 0 fully saturated rings. The molecular weight excluding hydrogens is 272 g/mol. The Labute approximate surface area is 124 Å². The average Bonchev–Trinajstić information content (AvgIpc) is 2.43. The lowest BCUT2D eigenvalue weighted by Crippen LogP contribution is -1.94. The lowest BCUT2D eigenvalue weighted by molar-refractivity contribution is 0.340. The third kappa shape index (κ3) is 3.55. The minimum atomic E-state index is 0.0506. The minimum Gasteiger partial charge on any atom is -0.508 e. The molecule has 2 aromatic carbocycles. The fourth-order valence-electron chi connectivity index (χ4n) is 1.98. The van der Waals surface area contributed by atoms with Gasteiger partial charge in [-0.15, -0.1) is 0 Å². The summed E-state index contributed by atoms with van der Waals surface area (Å²) in [5, 5.41) is 10.1. The molecule has 0 aliphatic carbocycles. The Morgan fingerprint density at radius 2 is 1.90 bits per heavy atom. The maximum Gasteiger partial charge on any atom is 0.119 e. The van der Waals surface area contributed by atoms with Crippen LogP contribution in [0, 0.1) is 0 Å². The number of halogens is 1. The van der Waals surface area contributed by atoms with Gasteiger partial charge in [-0.05, 0) is 54.8 Å². The zero-order valence-corrected chi connectivity index (χ0v) is 12.2. The zero-order chi connectivity index (χ0) is 14.5. The van der Waals surface area contributed by atoms with E-state index < -0.39 is 0 Å². The van der Waals surface area contributed by atoms with Crippen LogP contribution in [-0.2, 0) is 6.42 Å². The lowest BCUT2D eigenvalue weighted by atomic mass is 10.0. The van der Waals surface area contributed by atoms with Crippen LogP contribution >= 0.6 is 11.6 Å². The molecule has 104 valence electrons. The molecule has 0 saturated heterocycles. The third-order valence-corrected chi connectivity index (χ3v) is 3.38. The van der Waals surface area contributed by atoms with Crippen LogP contribution in [0.25, 0.3) is 5.76 Å². The van der Waals surface area contributed by atoms with Gasteiger partial charge in [-0.3, -0.25) is 0 Å². The molecular formula is C17H17ClO2. The van der Waals surface area contributed by atoms with Crippen molar-refractivity contribution in [2.24, 2.45) is 0 Å². The van der Waals surface area contributed by atoms with Gasteiger partial charge in [-0.25, -0.2) is 0 Å². The number of rotatable bonds is 5. The summed E-state index contributed by atoms with van der Waals surface area (Å²) in [6, 6.07) is 13.3. The van der Waals surface area contributed by atoms with E-state index in [9.17, 15) is 5.11 Å². The van der Waals surface area contributed by atoms with E-state index in [1.165, 1.54) is 0 Å². The van der Waals surface area contributed by atoms with Crippen molar-refractivity contribution in [3.05, 3.63) is 70.8 Å². The molecule has 0 spiro atoms. The topological polar surface area (TPSA) is 29.5 Å². The Morgan fingerprint density at radius 3 is 2.50 bits per heavy atom. The Balaban J connectivity index is 2.20. The summed E-state index contributed by atoms with van der Waals surface area (Å²) < 4.78 is 5.41. The van der Waals surface area contributed by atoms with E-state index in [0.29, 0.717) is 23.6 Å². The molecule has 0 unspecified atom stereocenters. The molecule has 0 aromatic heterocycles. The van der Waals surface area contributed by atoms with E-state index in [4.69, 9.17) is 16.3 Å². The molecule has 2 nitrogen and oxygen atoms in total. The first-order valence-corrected chi connectivity index (χ1v) is 6.86. The number of aliphatic hydroxyl groups excluding tert-OH is 1. The average molecular weight is 289 g/mol. The van der Waals surface area contributed by atoms with Gasteiger partial charge in [-0.2, -0.15) is 0 Å². The van der Waals surface area contributed by atoms with Crippen molar-refractivity contribution in [2.75, 3.05) is 6.61 Å². The number of hydrogen-bond donors (Lipinski definition) is 1. The first-order chi connectivity index (χ1) is 9.60.